The van der Waals surface area contributed by atoms with E-state index in [2.05, 4.69) is 44.3 Å². The van der Waals surface area contributed by atoms with Gasteiger partial charge in [-0.3, -0.25) is 0 Å². The van der Waals surface area contributed by atoms with Gasteiger partial charge in [0.1, 0.15) is 0 Å². The second-order valence-electron chi connectivity index (χ2n) is 5.71. The number of halogens is 2. The molecule has 0 bridgehead atoms. The van der Waals surface area contributed by atoms with Crippen LogP contribution in [0.4, 0.5) is 0 Å². The van der Waals surface area contributed by atoms with Crippen LogP contribution < -0.4 is 5.19 Å². The van der Waals surface area contributed by atoms with E-state index in [9.17, 15) is 0 Å². The Morgan fingerprint density at radius 3 is 2.61 bits per heavy atom. The molecule has 3 atom stereocenters. The van der Waals surface area contributed by atoms with Crippen LogP contribution in [0.5, 0.6) is 0 Å². The molecule has 1 aliphatic rings. The fraction of sp³-hybridized carbons (Fsp3) is 0.538. The van der Waals surface area contributed by atoms with Gasteiger partial charge in [0.2, 0.25) is 0 Å². The van der Waals surface area contributed by atoms with Crippen molar-refractivity contribution in [2.75, 3.05) is 0 Å². The zero-order valence-corrected chi connectivity index (χ0v) is 15.0. The van der Waals surface area contributed by atoms with Crippen LogP contribution in [-0.2, 0) is 4.43 Å². The van der Waals surface area contributed by atoms with Gasteiger partial charge in [-0.05, 0) is 26.1 Å². The maximum Gasteiger partial charge on any atom is 0.188 e. The molecular formula is C13H20Cl2OSi2. The summed E-state index contributed by atoms with van der Waals surface area (Å²) in [6, 6.07) is 9.51. The summed E-state index contributed by atoms with van der Waals surface area (Å²) in [5, 5.41) is 1.49. The number of aryl methyl sites for hydroxylation is 1. The maximum absolute atomic E-state index is 6.46. The van der Waals surface area contributed by atoms with Gasteiger partial charge in [0, 0.05) is 0 Å². The van der Waals surface area contributed by atoms with E-state index < -0.39 is 17.8 Å². The molecule has 100 valence electrons. The molecule has 0 saturated carbocycles. The molecule has 3 unspecified atom stereocenters. The second-order valence-corrected chi connectivity index (χ2v) is 12.9. The molecule has 1 nitrogen and oxygen atoms in total. The molecule has 0 N–H and O–H groups in total. The molecule has 18 heavy (non-hydrogen) atoms. The molecule has 1 aromatic carbocycles. The molecule has 1 saturated heterocycles. The van der Waals surface area contributed by atoms with Crippen molar-refractivity contribution in [3.8, 4) is 0 Å². The number of benzene rings is 1. The van der Waals surface area contributed by atoms with Crippen molar-refractivity contribution < 1.29 is 4.43 Å². The first-order valence-electron chi connectivity index (χ1n) is 6.39. The average molecular weight is 319 g/mol. The molecule has 5 heteroatoms. The summed E-state index contributed by atoms with van der Waals surface area (Å²) in [5.74, 6) is 0. The monoisotopic (exact) mass is 318 g/mol. The Hall–Kier alpha value is 0.194. The average Bonchev–Trinajstić information content (AvgIpc) is 2.27. The van der Waals surface area contributed by atoms with Gasteiger partial charge < -0.3 is 4.43 Å². The van der Waals surface area contributed by atoms with Crippen LogP contribution in [0.1, 0.15) is 5.56 Å². The Morgan fingerprint density at radius 2 is 1.94 bits per heavy atom. The highest BCUT2D eigenvalue weighted by Gasteiger charge is 2.42. The van der Waals surface area contributed by atoms with E-state index in [1.54, 1.807) is 0 Å². The molecule has 1 fully saturated rings. The van der Waals surface area contributed by atoms with E-state index in [4.69, 9.17) is 27.6 Å². The van der Waals surface area contributed by atoms with Crippen molar-refractivity contribution in [3.63, 3.8) is 0 Å². The Morgan fingerprint density at radius 1 is 1.28 bits per heavy atom. The van der Waals surface area contributed by atoms with Crippen LogP contribution >= 0.6 is 23.2 Å². The van der Waals surface area contributed by atoms with Crippen molar-refractivity contribution in [1.82, 2.24) is 0 Å². The number of hydrogen-bond donors (Lipinski definition) is 0. The van der Waals surface area contributed by atoms with E-state index in [1.165, 1.54) is 10.8 Å². The summed E-state index contributed by atoms with van der Waals surface area (Å²) >= 11 is 12.9. The van der Waals surface area contributed by atoms with Gasteiger partial charge in [-0.15, -0.1) is 23.2 Å². The van der Waals surface area contributed by atoms with Crippen molar-refractivity contribution in [1.29, 1.82) is 0 Å². The molecule has 0 aliphatic carbocycles. The maximum atomic E-state index is 6.46. The topological polar surface area (TPSA) is 9.23 Å². The predicted octanol–water partition coefficient (Wildman–Crippen LogP) is 2.57. The van der Waals surface area contributed by atoms with E-state index in [0.29, 0.717) is 0 Å². The lowest BCUT2D eigenvalue weighted by molar-refractivity contribution is 0.239. The smallest absolute Gasteiger partial charge is 0.188 e. The van der Waals surface area contributed by atoms with Gasteiger partial charge in [-0.25, -0.2) is 0 Å². The Kier molecular flexibility index (Phi) is 4.60. The Balaban J connectivity index is 2.15. The first kappa shape index (κ1) is 14.6. The number of rotatable bonds is 2. The molecule has 1 aromatic rings. The van der Waals surface area contributed by atoms with E-state index in [-0.39, 0.29) is 16.5 Å². The van der Waals surface area contributed by atoms with Gasteiger partial charge in [0.25, 0.3) is 0 Å². The van der Waals surface area contributed by atoms with Crippen LogP contribution in [-0.4, -0.2) is 34.3 Å². The summed E-state index contributed by atoms with van der Waals surface area (Å²) in [5.41, 5.74) is 1.54. The van der Waals surface area contributed by atoms with Gasteiger partial charge in [0.05, 0.1) is 26.0 Å². The van der Waals surface area contributed by atoms with E-state index in [1.807, 2.05) is 0 Å². The highest BCUT2D eigenvalue weighted by molar-refractivity contribution is 6.74. The van der Waals surface area contributed by atoms with Gasteiger partial charge in [0.15, 0.2) is 8.32 Å². The zero-order chi connectivity index (χ0) is 13.3. The van der Waals surface area contributed by atoms with Crippen molar-refractivity contribution >= 4 is 46.2 Å². The molecule has 1 aliphatic heterocycles. The number of hydrogen-bond acceptors (Lipinski definition) is 1. The molecule has 1 heterocycles. The van der Waals surface area contributed by atoms with Crippen LogP contribution in [0.25, 0.3) is 0 Å². The second kappa shape index (κ2) is 5.67. The first-order chi connectivity index (χ1) is 8.39. The highest BCUT2D eigenvalue weighted by Crippen LogP contribution is 2.32. The van der Waals surface area contributed by atoms with Crippen molar-refractivity contribution in [2.24, 2.45) is 0 Å². The minimum Gasteiger partial charge on any atom is -0.416 e. The summed E-state index contributed by atoms with van der Waals surface area (Å²) < 4.78 is 6.30. The molecule has 0 spiro atoms. The highest BCUT2D eigenvalue weighted by atomic mass is 35.5. The van der Waals surface area contributed by atoms with Crippen molar-refractivity contribution in [3.05, 3.63) is 29.8 Å². The zero-order valence-electron chi connectivity index (χ0n) is 11.1. The summed E-state index contributed by atoms with van der Waals surface area (Å²) in [6.07, 6.45) is 0. The SMILES string of the molecule is Cc1ccccc1[SiH2]C1O[Si](C)(C)CC(Cl)C1Cl. The Labute approximate surface area is 123 Å². The third-order valence-electron chi connectivity index (χ3n) is 3.54. The lowest BCUT2D eigenvalue weighted by Crippen LogP contribution is -2.54. The summed E-state index contributed by atoms with van der Waals surface area (Å²) in [7, 11) is -2.15. The van der Waals surface area contributed by atoms with Gasteiger partial charge in [-0.1, -0.05) is 35.0 Å². The Bertz CT molecular complexity index is 425. The van der Waals surface area contributed by atoms with Gasteiger partial charge >= 0.3 is 0 Å². The lowest BCUT2D eigenvalue weighted by Gasteiger charge is -2.40. The molecule has 0 aromatic heterocycles. The quantitative estimate of drug-likeness (QED) is 0.601. The summed E-state index contributed by atoms with van der Waals surface area (Å²) in [6.45, 7) is 6.64. The predicted molar refractivity (Wildman–Crippen MR) is 85.8 cm³/mol. The minimum absolute atomic E-state index is 0.0292. The minimum atomic E-state index is -1.61. The lowest BCUT2D eigenvalue weighted by atomic mass is 10.2. The van der Waals surface area contributed by atoms with Crippen LogP contribution in [0.2, 0.25) is 19.1 Å². The third kappa shape index (κ3) is 3.39. The fourth-order valence-electron chi connectivity index (χ4n) is 2.55. The molecule has 0 radical (unpaired) electrons. The molecule has 2 rings (SSSR count). The molecule has 0 amide bonds. The van der Waals surface area contributed by atoms with Crippen LogP contribution in [0.15, 0.2) is 24.3 Å². The molecular weight excluding hydrogens is 299 g/mol. The van der Waals surface area contributed by atoms with Crippen LogP contribution in [0.3, 0.4) is 0 Å². The van der Waals surface area contributed by atoms with Gasteiger partial charge in [-0.2, -0.15) is 0 Å². The summed E-state index contributed by atoms with van der Waals surface area (Å²) in [4.78, 5) is 0. The standard InChI is InChI=1S/C13H20Cl2OSi2/c1-9-6-4-5-7-11(9)17-13-12(15)10(14)8-18(2,3)16-13/h4-7,10,12-13H,8,17H2,1-3H3. The number of alkyl halides is 2. The first-order valence-corrected chi connectivity index (χ1v) is 11.9. The van der Waals surface area contributed by atoms with E-state index in [0.717, 1.165) is 6.04 Å². The largest absolute Gasteiger partial charge is 0.416 e. The van der Waals surface area contributed by atoms with Crippen LogP contribution in [0, 0.1) is 6.92 Å². The third-order valence-corrected chi connectivity index (χ3v) is 10.2. The van der Waals surface area contributed by atoms with Crippen molar-refractivity contribution in [2.45, 2.75) is 42.5 Å². The fourth-order valence-corrected chi connectivity index (χ4v) is 10.3. The van der Waals surface area contributed by atoms with E-state index >= 15 is 0 Å². The normalized spacial score (nSPS) is 31.9.